The summed E-state index contributed by atoms with van der Waals surface area (Å²) in [7, 11) is 0. The highest BCUT2D eigenvalue weighted by molar-refractivity contribution is 7.13. The number of rotatable bonds is 6. The number of carbonyl (C=O) groups excluding carboxylic acids is 1. The summed E-state index contributed by atoms with van der Waals surface area (Å²) in [6.45, 7) is 0. The van der Waals surface area contributed by atoms with Crippen LogP contribution in [0, 0.1) is 0 Å². The van der Waals surface area contributed by atoms with E-state index in [1.54, 1.807) is 6.07 Å². The van der Waals surface area contributed by atoms with E-state index in [2.05, 4.69) is 20.4 Å². The van der Waals surface area contributed by atoms with Gasteiger partial charge in [0.15, 0.2) is 11.5 Å². The smallest absolute Gasteiger partial charge is 0.274 e. The second-order valence-electron chi connectivity index (χ2n) is 6.91. The first-order chi connectivity index (χ1) is 14.8. The minimum absolute atomic E-state index is 0.243. The molecule has 0 unspecified atom stereocenters. The van der Waals surface area contributed by atoms with Crippen molar-refractivity contribution in [3.8, 4) is 10.6 Å². The number of benzene rings is 2. The highest BCUT2D eigenvalue weighted by Gasteiger charge is 2.22. The van der Waals surface area contributed by atoms with Crippen LogP contribution < -0.4 is 5.32 Å². The van der Waals surface area contributed by atoms with Crippen molar-refractivity contribution in [1.82, 2.24) is 20.4 Å². The van der Waals surface area contributed by atoms with Crippen molar-refractivity contribution in [3.63, 3.8) is 0 Å². The number of nitrogens with zero attached hydrogens (tertiary/aromatic N) is 2. The molecule has 5 aromatic rings. The Labute approximate surface area is 176 Å². The Morgan fingerprint density at radius 1 is 1.07 bits per heavy atom. The van der Waals surface area contributed by atoms with Crippen molar-refractivity contribution < 1.29 is 9.32 Å². The third-order valence-corrected chi connectivity index (χ3v) is 5.72. The van der Waals surface area contributed by atoms with Crippen molar-refractivity contribution in [2.45, 2.75) is 12.5 Å². The highest BCUT2D eigenvalue weighted by atomic mass is 32.1. The minimum Gasteiger partial charge on any atom is -0.355 e. The SMILES string of the molecule is O=C(N[C@@H](Cc1ccccc1)c1nc2ccccc2[nH]1)c1cc(-c2cccs2)on1. The van der Waals surface area contributed by atoms with E-state index in [-0.39, 0.29) is 17.6 Å². The summed E-state index contributed by atoms with van der Waals surface area (Å²) in [5.41, 5.74) is 3.14. The van der Waals surface area contributed by atoms with Crippen molar-refractivity contribution in [2.24, 2.45) is 0 Å². The molecule has 0 aliphatic rings. The Hall–Kier alpha value is -3.71. The van der Waals surface area contributed by atoms with Crippen LogP contribution in [0.4, 0.5) is 0 Å². The van der Waals surface area contributed by atoms with Crippen LogP contribution in [0.2, 0.25) is 0 Å². The molecule has 0 aliphatic carbocycles. The predicted octanol–water partition coefficient (Wildman–Crippen LogP) is 4.99. The average Bonchev–Trinajstić information content (AvgIpc) is 3.54. The molecule has 148 valence electrons. The van der Waals surface area contributed by atoms with E-state index in [9.17, 15) is 4.79 Å². The summed E-state index contributed by atoms with van der Waals surface area (Å²) in [5.74, 6) is 0.983. The molecule has 2 aromatic carbocycles. The molecule has 0 saturated heterocycles. The summed E-state index contributed by atoms with van der Waals surface area (Å²) in [6, 6.07) is 23.0. The van der Waals surface area contributed by atoms with Gasteiger partial charge in [0, 0.05) is 6.07 Å². The van der Waals surface area contributed by atoms with Gasteiger partial charge in [-0.2, -0.15) is 0 Å². The summed E-state index contributed by atoms with van der Waals surface area (Å²) in [5, 5.41) is 8.98. The standard InChI is InChI=1S/C23H18N4O2S/c28-23(19-14-20(29-27-19)21-11-6-12-30-21)26-18(13-15-7-2-1-3-8-15)22-24-16-9-4-5-10-17(16)25-22/h1-12,14,18H,13H2,(H,24,25)(H,26,28)/t18-/m0/s1. The molecule has 6 nitrogen and oxygen atoms in total. The van der Waals surface area contributed by atoms with Crippen LogP contribution in [-0.4, -0.2) is 21.0 Å². The van der Waals surface area contributed by atoms with Crippen LogP contribution in [0.15, 0.2) is 82.7 Å². The first-order valence-electron chi connectivity index (χ1n) is 9.56. The van der Waals surface area contributed by atoms with Gasteiger partial charge in [0.25, 0.3) is 5.91 Å². The molecule has 7 heteroatoms. The maximum atomic E-state index is 12.9. The van der Waals surface area contributed by atoms with Crippen LogP contribution >= 0.6 is 11.3 Å². The van der Waals surface area contributed by atoms with E-state index >= 15 is 0 Å². The van der Waals surface area contributed by atoms with Gasteiger partial charge in [0.1, 0.15) is 5.82 Å². The molecule has 30 heavy (non-hydrogen) atoms. The van der Waals surface area contributed by atoms with Crippen molar-refractivity contribution in [2.75, 3.05) is 0 Å². The lowest BCUT2D eigenvalue weighted by Gasteiger charge is -2.16. The molecule has 0 saturated carbocycles. The van der Waals surface area contributed by atoms with Gasteiger partial charge < -0.3 is 14.8 Å². The monoisotopic (exact) mass is 414 g/mol. The number of hydrogen-bond donors (Lipinski definition) is 2. The van der Waals surface area contributed by atoms with Crippen LogP contribution in [-0.2, 0) is 6.42 Å². The summed E-state index contributed by atoms with van der Waals surface area (Å²) >= 11 is 1.54. The normalized spacial score (nSPS) is 12.1. The Bertz CT molecular complexity index is 1240. The molecule has 3 aromatic heterocycles. The molecule has 1 atom stereocenters. The first kappa shape index (κ1) is 18.3. The Morgan fingerprint density at radius 2 is 1.90 bits per heavy atom. The number of H-pyrrole nitrogens is 1. The maximum absolute atomic E-state index is 12.9. The molecule has 3 heterocycles. The number of amides is 1. The summed E-state index contributed by atoms with van der Waals surface area (Å²) in [6.07, 6.45) is 0.599. The zero-order chi connectivity index (χ0) is 20.3. The molecule has 0 aliphatic heterocycles. The van der Waals surface area contributed by atoms with Crippen molar-refractivity contribution in [1.29, 1.82) is 0 Å². The molecule has 2 N–H and O–H groups in total. The second kappa shape index (κ2) is 7.96. The number of thiophene rings is 1. The molecular formula is C23H18N4O2S. The molecule has 5 rings (SSSR count). The number of aromatic nitrogens is 3. The number of imidazole rings is 1. The fourth-order valence-corrected chi connectivity index (χ4v) is 4.03. The number of carbonyl (C=O) groups is 1. The number of hydrogen-bond acceptors (Lipinski definition) is 5. The molecule has 0 bridgehead atoms. The first-order valence-corrected chi connectivity index (χ1v) is 10.4. The number of para-hydroxylation sites is 2. The molecule has 0 spiro atoms. The summed E-state index contributed by atoms with van der Waals surface area (Å²) < 4.78 is 5.36. The van der Waals surface area contributed by atoms with Gasteiger partial charge in [-0.1, -0.05) is 53.7 Å². The van der Waals surface area contributed by atoms with E-state index in [1.807, 2.05) is 72.1 Å². The van der Waals surface area contributed by atoms with Crippen LogP contribution in [0.3, 0.4) is 0 Å². The molecule has 0 fully saturated rings. The Morgan fingerprint density at radius 3 is 2.70 bits per heavy atom. The number of nitrogens with one attached hydrogen (secondary N) is 2. The quantitative estimate of drug-likeness (QED) is 0.410. The van der Waals surface area contributed by atoms with E-state index in [0.717, 1.165) is 21.5 Å². The molecular weight excluding hydrogens is 396 g/mol. The molecule has 1 amide bonds. The number of fused-ring (bicyclic) bond motifs is 1. The predicted molar refractivity (Wildman–Crippen MR) is 116 cm³/mol. The lowest BCUT2D eigenvalue weighted by molar-refractivity contribution is 0.0926. The largest absolute Gasteiger partial charge is 0.355 e. The van der Waals surface area contributed by atoms with Gasteiger partial charge in [0.2, 0.25) is 0 Å². The Balaban J connectivity index is 1.43. The van der Waals surface area contributed by atoms with Crippen molar-refractivity contribution >= 4 is 28.3 Å². The van der Waals surface area contributed by atoms with E-state index in [4.69, 9.17) is 4.52 Å². The average molecular weight is 414 g/mol. The zero-order valence-corrected chi connectivity index (χ0v) is 16.7. The number of aromatic amines is 1. The maximum Gasteiger partial charge on any atom is 0.274 e. The van der Waals surface area contributed by atoms with Crippen molar-refractivity contribution in [3.05, 3.63) is 95.3 Å². The van der Waals surface area contributed by atoms with Gasteiger partial charge in [-0.25, -0.2) is 4.98 Å². The van der Waals surface area contributed by atoms with E-state index in [1.165, 1.54) is 11.3 Å². The minimum atomic E-state index is -0.339. The lowest BCUT2D eigenvalue weighted by atomic mass is 10.1. The highest BCUT2D eigenvalue weighted by Crippen LogP contribution is 2.26. The van der Waals surface area contributed by atoms with Crippen LogP contribution in [0.5, 0.6) is 0 Å². The van der Waals surface area contributed by atoms with Gasteiger partial charge >= 0.3 is 0 Å². The fraction of sp³-hybridized carbons (Fsp3) is 0.0870. The van der Waals surface area contributed by atoms with Gasteiger partial charge in [-0.3, -0.25) is 4.79 Å². The molecule has 0 radical (unpaired) electrons. The third kappa shape index (κ3) is 3.75. The summed E-state index contributed by atoms with van der Waals surface area (Å²) in [4.78, 5) is 21.9. The van der Waals surface area contributed by atoms with Crippen LogP contribution in [0.25, 0.3) is 21.7 Å². The second-order valence-corrected chi connectivity index (χ2v) is 7.86. The van der Waals surface area contributed by atoms with E-state index in [0.29, 0.717) is 18.0 Å². The fourth-order valence-electron chi connectivity index (χ4n) is 3.35. The topological polar surface area (TPSA) is 83.8 Å². The van der Waals surface area contributed by atoms with Gasteiger partial charge in [0.05, 0.1) is 22.0 Å². The Kier molecular flexibility index (Phi) is 4.86. The van der Waals surface area contributed by atoms with E-state index < -0.39 is 0 Å². The van der Waals surface area contributed by atoms with Crippen LogP contribution in [0.1, 0.15) is 27.9 Å². The lowest BCUT2D eigenvalue weighted by Crippen LogP contribution is -2.31. The van der Waals surface area contributed by atoms with Gasteiger partial charge in [-0.05, 0) is 35.6 Å². The van der Waals surface area contributed by atoms with Gasteiger partial charge in [-0.15, -0.1) is 11.3 Å². The zero-order valence-electron chi connectivity index (χ0n) is 15.9. The third-order valence-electron chi connectivity index (χ3n) is 4.83.